The van der Waals surface area contributed by atoms with Crippen LogP contribution in [0.4, 0.5) is 0 Å². The molecule has 0 N–H and O–H groups in total. The van der Waals surface area contributed by atoms with Crippen LogP contribution in [0.2, 0.25) is 0 Å². The van der Waals surface area contributed by atoms with E-state index in [0.717, 1.165) is 18.9 Å². The van der Waals surface area contributed by atoms with E-state index in [1.807, 2.05) is 0 Å². The molecule has 0 aromatic heterocycles. The molecule has 0 aliphatic carbocycles. The Kier molecular flexibility index (Phi) is 16.7. The first-order chi connectivity index (χ1) is 6.77. The number of hydrogen-bond acceptors (Lipinski definition) is 2. The Labute approximate surface area is 115 Å². The smallest absolute Gasteiger partial charge is 0.545 e. The molecule has 0 amide bonds. The number of allylic oxidation sites excluding steroid dienone is 1. The van der Waals surface area contributed by atoms with Crippen molar-refractivity contribution < 1.29 is 39.5 Å². The standard InChI is InChI=1S/C12H22O2.Na/c1-2-3-4-5-6-7-8-9-10-11-12(13)14;/h10-11H,2-9H2,1H3,(H,13,14);/q;+1/p-1/b11-10+;. The van der Waals surface area contributed by atoms with E-state index in [9.17, 15) is 9.90 Å². The molecule has 0 radical (unpaired) electrons. The number of rotatable bonds is 9. The van der Waals surface area contributed by atoms with Gasteiger partial charge in [0.15, 0.2) is 0 Å². The first-order valence-electron chi connectivity index (χ1n) is 5.65. The summed E-state index contributed by atoms with van der Waals surface area (Å²) >= 11 is 0. The molecule has 0 aliphatic heterocycles. The number of unbranched alkanes of at least 4 members (excludes halogenated alkanes) is 7. The molecule has 0 spiro atoms. The van der Waals surface area contributed by atoms with E-state index in [0.29, 0.717) is 0 Å². The molecule has 3 heteroatoms. The Hall–Kier alpha value is 0.210. The summed E-state index contributed by atoms with van der Waals surface area (Å²) in [5.41, 5.74) is 0. The van der Waals surface area contributed by atoms with E-state index in [-0.39, 0.29) is 29.6 Å². The Morgan fingerprint density at radius 3 is 2.13 bits per heavy atom. The Bertz CT molecular complexity index is 167. The van der Waals surface area contributed by atoms with Gasteiger partial charge in [0.25, 0.3) is 0 Å². The van der Waals surface area contributed by atoms with E-state index >= 15 is 0 Å². The van der Waals surface area contributed by atoms with Crippen molar-refractivity contribution in [2.75, 3.05) is 0 Å². The first kappa shape index (κ1) is 17.6. The van der Waals surface area contributed by atoms with Crippen molar-refractivity contribution in [1.82, 2.24) is 0 Å². The third-order valence-electron chi connectivity index (χ3n) is 2.23. The predicted octanol–water partition coefficient (Wildman–Crippen LogP) is -0.563. The number of carbonyl (C=O) groups is 1. The van der Waals surface area contributed by atoms with Gasteiger partial charge in [-0.05, 0) is 18.9 Å². The Morgan fingerprint density at radius 1 is 1.07 bits per heavy atom. The fraction of sp³-hybridized carbons (Fsp3) is 0.750. The van der Waals surface area contributed by atoms with Crippen LogP contribution in [0, 0.1) is 0 Å². The van der Waals surface area contributed by atoms with E-state index in [1.165, 1.54) is 38.5 Å². The number of carboxylic acid groups (broad SMARTS) is 1. The number of carbonyl (C=O) groups excluding carboxylic acids is 1. The molecule has 0 aliphatic rings. The zero-order chi connectivity index (χ0) is 10.6. The van der Waals surface area contributed by atoms with Gasteiger partial charge >= 0.3 is 29.6 Å². The summed E-state index contributed by atoms with van der Waals surface area (Å²) in [4.78, 5) is 10.0. The molecule has 82 valence electrons. The van der Waals surface area contributed by atoms with Crippen LogP contribution in [0.25, 0.3) is 0 Å². The molecular weight excluding hydrogens is 199 g/mol. The molecule has 0 heterocycles. The van der Waals surface area contributed by atoms with Crippen molar-refractivity contribution in [2.45, 2.75) is 58.3 Å². The quantitative estimate of drug-likeness (QED) is 0.297. The molecule has 2 nitrogen and oxygen atoms in total. The van der Waals surface area contributed by atoms with Gasteiger partial charge in [0.05, 0.1) is 5.97 Å². The molecular formula is C12H21NaO2. The normalized spacial score (nSPS) is 10.2. The monoisotopic (exact) mass is 220 g/mol. The third kappa shape index (κ3) is 16.9. The maximum absolute atomic E-state index is 10.0. The molecule has 0 bridgehead atoms. The van der Waals surface area contributed by atoms with E-state index < -0.39 is 5.97 Å². The van der Waals surface area contributed by atoms with Crippen molar-refractivity contribution in [1.29, 1.82) is 0 Å². The molecule has 0 saturated carbocycles. The van der Waals surface area contributed by atoms with Gasteiger partial charge in [0, 0.05) is 0 Å². The zero-order valence-corrected chi connectivity index (χ0v) is 12.1. The van der Waals surface area contributed by atoms with Gasteiger partial charge in [-0.2, -0.15) is 0 Å². The van der Waals surface area contributed by atoms with Crippen LogP contribution in [0.5, 0.6) is 0 Å². The summed E-state index contributed by atoms with van der Waals surface area (Å²) in [7, 11) is 0. The van der Waals surface area contributed by atoms with Gasteiger partial charge in [-0.15, -0.1) is 0 Å². The summed E-state index contributed by atoms with van der Waals surface area (Å²) in [6, 6.07) is 0. The zero-order valence-electron chi connectivity index (χ0n) is 10.1. The topological polar surface area (TPSA) is 40.1 Å². The van der Waals surface area contributed by atoms with Crippen LogP contribution in [-0.2, 0) is 4.79 Å². The summed E-state index contributed by atoms with van der Waals surface area (Å²) in [6.45, 7) is 2.21. The molecule has 0 aromatic carbocycles. The third-order valence-corrected chi connectivity index (χ3v) is 2.23. The number of hydrogen-bond donors (Lipinski definition) is 0. The fourth-order valence-electron chi connectivity index (χ4n) is 1.40. The molecule has 0 aromatic rings. The average molecular weight is 220 g/mol. The second-order valence-corrected chi connectivity index (χ2v) is 3.63. The fourth-order valence-corrected chi connectivity index (χ4v) is 1.40. The van der Waals surface area contributed by atoms with Crippen LogP contribution in [0.3, 0.4) is 0 Å². The van der Waals surface area contributed by atoms with Crippen LogP contribution < -0.4 is 34.7 Å². The predicted molar refractivity (Wildman–Crippen MR) is 56.8 cm³/mol. The first-order valence-corrected chi connectivity index (χ1v) is 5.65. The second kappa shape index (κ2) is 14.2. The van der Waals surface area contributed by atoms with Crippen molar-refractivity contribution >= 4 is 5.97 Å². The van der Waals surface area contributed by atoms with Gasteiger partial charge in [-0.25, -0.2) is 0 Å². The van der Waals surface area contributed by atoms with Crippen LogP contribution >= 0.6 is 0 Å². The van der Waals surface area contributed by atoms with Crippen molar-refractivity contribution in [2.24, 2.45) is 0 Å². The molecule has 0 fully saturated rings. The van der Waals surface area contributed by atoms with Crippen molar-refractivity contribution in [3.8, 4) is 0 Å². The minimum absolute atomic E-state index is 0. The van der Waals surface area contributed by atoms with Crippen molar-refractivity contribution in [3.05, 3.63) is 12.2 Å². The number of carboxylic acids is 1. The summed E-state index contributed by atoms with van der Waals surface area (Å²) in [6.07, 6.45) is 12.5. The van der Waals surface area contributed by atoms with Gasteiger partial charge < -0.3 is 9.90 Å². The largest absolute Gasteiger partial charge is 1.00 e. The van der Waals surface area contributed by atoms with E-state index in [4.69, 9.17) is 0 Å². The molecule has 0 unspecified atom stereocenters. The van der Waals surface area contributed by atoms with Gasteiger partial charge in [0.1, 0.15) is 0 Å². The van der Waals surface area contributed by atoms with E-state index in [1.54, 1.807) is 6.08 Å². The van der Waals surface area contributed by atoms with Crippen LogP contribution in [0.15, 0.2) is 12.2 Å². The second-order valence-electron chi connectivity index (χ2n) is 3.63. The van der Waals surface area contributed by atoms with Crippen LogP contribution in [0.1, 0.15) is 58.3 Å². The number of aliphatic carboxylic acids is 1. The Morgan fingerprint density at radius 2 is 1.60 bits per heavy atom. The minimum atomic E-state index is -1.09. The molecule has 0 rings (SSSR count). The van der Waals surface area contributed by atoms with E-state index in [2.05, 4.69) is 6.92 Å². The van der Waals surface area contributed by atoms with Gasteiger partial charge in [0.2, 0.25) is 0 Å². The van der Waals surface area contributed by atoms with Gasteiger partial charge in [-0.3, -0.25) is 0 Å². The maximum Gasteiger partial charge on any atom is 1.00 e. The SMILES string of the molecule is CCCCCCCCC/C=C/C(=O)[O-].[Na+]. The molecule has 0 saturated heterocycles. The Balaban J connectivity index is 0. The average Bonchev–Trinajstić information content (AvgIpc) is 2.15. The summed E-state index contributed by atoms with van der Waals surface area (Å²) < 4.78 is 0. The summed E-state index contributed by atoms with van der Waals surface area (Å²) in [5.74, 6) is -1.09. The molecule has 15 heavy (non-hydrogen) atoms. The minimum Gasteiger partial charge on any atom is -0.545 e. The maximum atomic E-state index is 10.0. The van der Waals surface area contributed by atoms with Gasteiger partial charge in [-0.1, -0.05) is 51.5 Å². The van der Waals surface area contributed by atoms with Crippen molar-refractivity contribution in [3.63, 3.8) is 0 Å². The van der Waals surface area contributed by atoms with Crippen LogP contribution in [-0.4, -0.2) is 5.97 Å². The summed E-state index contributed by atoms with van der Waals surface area (Å²) in [5, 5.41) is 10.0. The molecule has 0 atom stereocenters.